The van der Waals surface area contributed by atoms with Gasteiger partial charge in [-0.15, -0.1) is 0 Å². The van der Waals surface area contributed by atoms with Gasteiger partial charge in [-0.25, -0.2) is 9.97 Å². The number of rotatable bonds is 2. The molecule has 3 nitrogen and oxygen atoms in total. The third-order valence-electron chi connectivity index (χ3n) is 1.73. The summed E-state index contributed by atoms with van der Waals surface area (Å²) in [4.78, 5) is 8.06. The Morgan fingerprint density at radius 2 is 1.75 bits per heavy atom. The molecule has 1 N–H and O–H groups in total. The average Bonchev–Trinajstić information content (AvgIpc) is 2.04. The zero-order valence-corrected chi connectivity index (χ0v) is 7.65. The Morgan fingerprint density at radius 3 is 2.25 bits per heavy atom. The molecule has 1 heterocycles. The lowest BCUT2D eigenvalue weighted by Gasteiger charge is -2.07. The molecular formula is C9H14N2O. The molecule has 0 saturated carbocycles. The first-order chi connectivity index (χ1) is 5.61. The summed E-state index contributed by atoms with van der Waals surface area (Å²) in [5.74, 6) is 0.380. The summed E-state index contributed by atoms with van der Waals surface area (Å²) in [6, 6.07) is 1.84. The van der Waals surface area contributed by atoms with E-state index in [9.17, 15) is 5.11 Å². The van der Waals surface area contributed by atoms with E-state index in [-0.39, 0.29) is 0 Å². The van der Waals surface area contributed by atoms with Gasteiger partial charge >= 0.3 is 0 Å². The highest BCUT2D eigenvalue weighted by Crippen LogP contribution is 2.14. The number of hydrogen-bond donors (Lipinski definition) is 1. The molecule has 0 aliphatic rings. The number of aromatic nitrogens is 2. The van der Waals surface area contributed by atoms with Crippen LogP contribution >= 0.6 is 0 Å². The second-order valence-corrected chi connectivity index (χ2v) is 3.20. The highest BCUT2D eigenvalue weighted by molar-refractivity contribution is 5.12. The van der Waals surface area contributed by atoms with Crippen LogP contribution in [0, 0.1) is 0 Å². The van der Waals surface area contributed by atoms with E-state index in [0.717, 1.165) is 5.69 Å². The summed E-state index contributed by atoms with van der Waals surface area (Å²) in [5.41, 5.74) is 1.66. The van der Waals surface area contributed by atoms with Crippen LogP contribution in [0.1, 0.15) is 44.2 Å². The van der Waals surface area contributed by atoms with Crippen LogP contribution in [0.25, 0.3) is 0 Å². The lowest BCUT2D eigenvalue weighted by molar-refractivity contribution is 0.194. The first-order valence-corrected chi connectivity index (χ1v) is 4.11. The lowest BCUT2D eigenvalue weighted by atomic mass is 10.1. The summed E-state index contributed by atoms with van der Waals surface area (Å²) in [6.45, 7) is 5.83. The molecule has 1 aromatic heterocycles. The fourth-order valence-corrected chi connectivity index (χ4v) is 0.932. The number of nitrogens with zero attached hydrogens (tertiary/aromatic N) is 2. The van der Waals surface area contributed by atoms with Crippen LogP contribution in [0.5, 0.6) is 0 Å². The van der Waals surface area contributed by atoms with E-state index >= 15 is 0 Å². The topological polar surface area (TPSA) is 46.0 Å². The van der Waals surface area contributed by atoms with E-state index in [2.05, 4.69) is 23.8 Å². The Labute approximate surface area is 72.5 Å². The molecule has 1 rings (SSSR count). The van der Waals surface area contributed by atoms with E-state index in [4.69, 9.17) is 0 Å². The Balaban J connectivity index is 2.96. The molecule has 3 heteroatoms. The van der Waals surface area contributed by atoms with Crippen molar-refractivity contribution in [2.24, 2.45) is 0 Å². The van der Waals surface area contributed by atoms with Crippen LogP contribution in [-0.2, 0) is 0 Å². The highest BCUT2D eigenvalue weighted by atomic mass is 16.3. The minimum Gasteiger partial charge on any atom is -0.387 e. The van der Waals surface area contributed by atoms with Crippen molar-refractivity contribution < 1.29 is 5.11 Å². The highest BCUT2D eigenvalue weighted by Gasteiger charge is 2.06. The van der Waals surface area contributed by atoms with Gasteiger partial charge in [0.05, 0.1) is 11.8 Å². The van der Waals surface area contributed by atoms with Crippen molar-refractivity contribution in [1.82, 2.24) is 9.97 Å². The third kappa shape index (κ3) is 2.01. The zero-order chi connectivity index (χ0) is 9.14. The maximum absolute atomic E-state index is 9.24. The summed E-state index contributed by atoms with van der Waals surface area (Å²) in [5, 5.41) is 9.24. The second-order valence-electron chi connectivity index (χ2n) is 3.20. The molecule has 0 bridgehead atoms. The predicted molar refractivity (Wildman–Crippen MR) is 46.8 cm³/mol. The standard InChI is InChI=1S/C9H14N2O/c1-6(2)8-4-9(7(3)12)11-5-10-8/h4-7,12H,1-3H3/t7-/m0/s1. The zero-order valence-electron chi connectivity index (χ0n) is 7.65. The van der Waals surface area contributed by atoms with Gasteiger partial charge in [-0.2, -0.15) is 0 Å². The van der Waals surface area contributed by atoms with Gasteiger partial charge in [0.25, 0.3) is 0 Å². The fourth-order valence-electron chi connectivity index (χ4n) is 0.932. The molecular weight excluding hydrogens is 152 g/mol. The Morgan fingerprint density at radius 1 is 1.17 bits per heavy atom. The number of aliphatic hydroxyl groups is 1. The molecule has 0 radical (unpaired) electrons. The molecule has 0 amide bonds. The van der Waals surface area contributed by atoms with Crippen LogP contribution in [0.3, 0.4) is 0 Å². The smallest absolute Gasteiger partial charge is 0.116 e. The van der Waals surface area contributed by atoms with Crippen LogP contribution in [0.2, 0.25) is 0 Å². The van der Waals surface area contributed by atoms with Gasteiger partial charge in [-0.1, -0.05) is 13.8 Å². The number of hydrogen-bond acceptors (Lipinski definition) is 3. The van der Waals surface area contributed by atoms with Crippen LogP contribution < -0.4 is 0 Å². The summed E-state index contributed by atoms with van der Waals surface area (Å²) >= 11 is 0. The SMILES string of the molecule is CC(C)c1cc([C@H](C)O)ncn1. The third-order valence-corrected chi connectivity index (χ3v) is 1.73. The monoisotopic (exact) mass is 166 g/mol. The quantitative estimate of drug-likeness (QED) is 0.726. The van der Waals surface area contributed by atoms with Crippen molar-refractivity contribution in [2.45, 2.75) is 32.8 Å². The Kier molecular flexibility index (Phi) is 2.76. The van der Waals surface area contributed by atoms with Crippen LogP contribution in [0.4, 0.5) is 0 Å². The van der Waals surface area contributed by atoms with Crippen LogP contribution in [-0.4, -0.2) is 15.1 Å². The molecule has 0 aromatic carbocycles. The minimum absolute atomic E-state index is 0.380. The largest absolute Gasteiger partial charge is 0.387 e. The number of aliphatic hydroxyl groups excluding tert-OH is 1. The minimum atomic E-state index is -0.509. The molecule has 0 unspecified atom stereocenters. The molecule has 12 heavy (non-hydrogen) atoms. The van der Waals surface area contributed by atoms with Crippen LogP contribution in [0.15, 0.2) is 12.4 Å². The molecule has 0 aliphatic heterocycles. The molecule has 0 saturated heterocycles. The van der Waals surface area contributed by atoms with Gasteiger partial charge in [0, 0.05) is 5.69 Å². The average molecular weight is 166 g/mol. The molecule has 1 atom stereocenters. The van der Waals surface area contributed by atoms with Crippen molar-refractivity contribution in [2.75, 3.05) is 0 Å². The van der Waals surface area contributed by atoms with Crippen molar-refractivity contribution >= 4 is 0 Å². The molecule has 0 spiro atoms. The Bertz CT molecular complexity index is 235. The van der Waals surface area contributed by atoms with Gasteiger partial charge in [0.1, 0.15) is 6.33 Å². The van der Waals surface area contributed by atoms with Crippen molar-refractivity contribution in [3.05, 3.63) is 23.8 Å². The van der Waals surface area contributed by atoms with Crippen molar-refractivity contribution in [3.63, 3.8) is 0 Å². The van der Waals surface area contributed by atoms with E-state index < -0.39 is 6.10 Å². The second kappa shape index (κ2) is 3.63. The maximum atomic E-state index is 9.24. The normalized spacial score (nSPS) is 13.4. The van der Waals surface area contributed by atoms with Gasteiger partial charge in [-0.05, 0) is 18.9 Å². The molecule has 0 aliphatic carbocycles. The first-order valence-electron chi connectivity index (χ1n) is 4.11. The summed E-state index contributed by atoms with van der Waals surface area (Å²) in [6.07, 6.45) is 0.989. The maximum Gasteiger partial charge on any atom is 0.116 e. The van der Waals surface area contributed by atoms with Crippen molar-refractivity contribution in [1.29, 1.82) is 0 Å². The summed E-state index contributed by atoms with van der Waals surface area (Å²) < 4.78 is 0. The Hall–Kier alpha value is -0.960. The van der Waals surface area contributed by atoms with Gasteiger partial charge < -0.3 is 5.11 Å². The fraction of sp³-hybridized carbons (Fsp3) is 0.556. The van der Waals surface area contributed by atoms with Gasteiger partial charge in [-0.3, -0.25) is 0 Å². The van der Waals surface area contributed by atoms with E-state index in [1.54, 1.807) is 6.92 Å². The lowest BCUT2D eigenvalue weighted by Crippen LogP contribution is -2.00. The summed E-state index contributed by atoms with van der Waals surface area (Å²) in [7, 11) is 0. The molecule has 1 aromatic rings. The molecule has 0 fully saturated rings. The van der Waals surface area contributed by atoms with E-state index in [1.807, 2.05) is 6.07 Å². The van der Waals surface area contributed by atoms with Gasteiger partial charge in [0.15, 0.2) is 0 Å². The first kappa shape index (κ1) is 9.13. The molecule has 66 valence electrons. The van der Waals surface area contributed by atoms with E-state index in [1.165, 1.54) is 6.33 Å². The van der Waals surface area contributed by atoms with Gasteiger partial charge in [0.2, 0.25) is 0 Å². The predicted octanol–water partition coefficient (Wildman–Crippen LogP) is 1.65. The van der Waals surface area contributed by atoms with E-state index in [0.29, 0.717) is 11.6 Å². The van der Waals surface area contributed by atoms with Crippen molar-refractivity contribution in [3.8, 4) is 0 Å².